The summed E-state index contributed by atoms with van der Waals surface area (Å²) in [6.45, 7) is 1.67. The van der Waals surface area contributed by atoms with Gasteiger partial charge >= 0.3 is 6.18 Å². The van der Waals surface area contributed by atoms with E-state index in [0.29, 0.717) is 17.3 Å². The van der Waals surface area contributed by atoms with E-state index < -0.39 is 41.1 Å². The molecule has 2 aromatic carbocycles. The van der Waals surface area contributed by atoms with Gasteiger partial charge in [-0.15, -0.1) is 5.10 Å². The SMILES string of the molecule is CC[C@@H](C(=O)Nc1ccc(C(N)=O)c(F)c1)n1ccc(-c2cc(Cl)ccc2-n2cc(C(F)(F)F)nn2)cc1=O. The lowest BCUT2D eigenvalue weighted by molar-refractivity contribution is -0.141. The van der Waals surface area contributed by atoms with Gasteiger partial charge < -0.3 is 15.6 Å². The molecule has 0 spiro atoms. The summed E-state index contributed by atoms with van der Waals surface area (Å²) in [6, 6.07) is 9.41. The number of nitrogens with zero attached hydrogens (tertiary/aromatic N) is 4. The molecule has 0 unspecified atom stereocenters. The van der Waals surface area contributed by atoms with Gasteiger partial charge in [-0.2, -0.15) is 13.2 Å². The van der Waals surface area contributed by atoms with E-state index >= 15 is 0 Å². The molecule has 0 saturated heterocycles. The Labute approximate surface area is 222 Å². The van der Waals surface area contributed by atoms with E-state index in [1.165, 1.54) is 42.6 Å². The summed E-state index contributed by atoms with van der Waals surface area (Å²) in [7, 11) is 0. The van der Waals surface area contributed by atoms with E-state index in [0.717, 1.165) is 21.4 Å². The molecule has 39 heavy (non-hydrogen) atoms. The number of halogens is 5. The molecule has 14 heteroatoms. The Kier molecular flexibility index (Phi) is 7.54. The summed E-state index contributed by atoms with van der Waals surface area (Å²) in [5.41, 5.74) is 3.80. The van der Waals surface area contributed by atoms with Gasteiger partial charge in [-0.25, -0.2) is 9.07 Å². The number of amides is 2. The third kappa shape index (κ3) is 5.82. The quantitative estimate of drug-likeness (QED) is 0.319. The summed E-state index contributed by atoms with van der Waals surface area (Å²) in [5.74, 6) is -2.50. The van der Waals surface area contributed by atoms with Crippen LogP contribution in [-0.2, 0) is 11.0 Å². The van der Waals surface area contributed by atoms with Gasteiger partial charge in [0.2, 0.25) is 5.91 Å². The number of carbonyl (C=O) groups excluding carboxylic acids is 2. The first-order valence-electron chi connectivity index (χ1n) is 11.3. The molecule has 9 nitrogen and oxygen atoms in total. The Morgan fingerprint density at radius 1 is 1.13 bits per heavy atom. The molecule has 0 aliphatic carbocycles. The van der Waals surface area contributed by atoms with Crippen LogP contribution in [-0.4, -0.2) is 31.4 Å². The number of hydrogen-bond donors (Lipinski definition) is 2. The molecule has 3 N–H and O–H groups in total. The zero-order chi connectivity index (χ0) is 28.5. The standard InChI is InChI=1S/C25H19ClF4N6O3/c1-2-19(24(39)32-15-4-5-16(23(31)38)18(27)11-15)35-8-7-13(9-22(35)37)17-10-14(26)3-6-20(17)36-12-21(33-34-36)25(28,29)30/h3-12,19H,2H2,1H3,(H2,31,38)(H,32,39)/t19-/m0/s1. The van der Waals surface area contributed by atoms with Crippen LogP contribution in [0.5, 0.6) is 0 Å². The third-order valence-electron chi connectivity index (χ3n) is 5.78. The highest BCUT2D eigenvalue weighted by atomic mass is 35.5. The van der Waals surface area contributed by atoms with Crippen LogP contribution in [0, 0.1) is 5.82 Å². The minimum absolute atomic E-state index is 0.0558. The Morgan fingerprint density at radius 2 is 1.87 bits per heavy atom. The third-order valence-corrected chi connectivity index (χ3v) is 6.01. The van der Waals surface area contributed by atoms with Crippen LogP contribution in [0.3, 0.4) is 0 Å². The van der Waals surface area contributed by atoms with E-state index in [1.54, 1.807) is 6.92 Å². The molecule has 0 aliphatic rings. The molecule has 0 radical (unpaired) electrons. The van der Waals surface area contributed by atoms with Crippen molar-refractivity contribution >= 4 is 29.1 Å². The number of aromatic nitrogens is 4. The fourth-order valence-corrected chi connectivity index (χ4v) is 4.06. The average molecular weight is 563 g/mol. The number of anilines is 1. The van der Waals surface area contributed by atoms with Gasteiger partial charge in [-0.05, 0) is 54.4 Å². The van der Waals surface area contributed by atoms with Crippen LogP contribution in [0.25, 0.3) is 16.8 Å². The minimum atomic E-state index is -4.70. The van der Waals surface area contributed by atoms with Gasteiger partial charge in [0.05, 0.1) is 17.4 Å². The first-order chi connectivity index (χ1) is 18.4. The maximum atomic E-state index is 14.1. The van der Waals surface area contributed by atoms with Crippen LogP contribution in [0.4, 0.5) is 23.2 Å². The fraction of sp³-hybridized carbons (Fsp3) is 0.160. The van der Waals surface area contributed by atoms with Gasteiger partial charge in [-0.1, -0.05) is 23.7 Å². The largest absolute Gasteiger partial charge is 0.436 e. The number of pyridine rings is 1. The highest BCUT2D eigenvalue weighted by molar-refractivity contribution is 6.31. The maximum absolute atomic E-state index is 14.1. The van der Waals surface area contributed by atoms with Crippen LogP contribution in [0.1, 0.15) is 35.4 Å². The second-order valence-electron chi connectivity index (χ2n) is 8.34. The summed E-state index contributed by atoms with van der Waals surface area (Å²) in [4.78, 5) is 37.2. The first kappa shape index (κ1) is 27.5. The molecule has 202 valence electrons. The molecular formula is C25H19ClF4N6O3. The zero-order valence-corrected chi connectivity index (χ0v) is 20.8. The van der Waals surface area contributed by atoms with E-state index in [9.17, 15) is 31.9 Å². The Morgan fingerprint density at radius 3 is 2.46 bits per heavy atom. The van der Waals surface area contributed by atoms with Crippen molar-refractivity contribution in [2.24, 2.45) is 5.73 Å². The van der Waals surface area contributed by atoms with Crippen LogP contribution in [0.2, 0.25) is 5.02 Å². The van der Waals surface area contributed by atoms with E-state index in [1.807, 2.05) is 0 Å². The fourth-order valence-electron chi connectivity index (χ4n) is 3.89. The van der Waals surface area contributed by atoms with Crippen molar-refractivity contribution in [2.75, 3.05) is 5.32 Å². The summed E-state index contributed by atoms with van der Waals surface area (Å²) in [5, 5.41) is 9.47. The molecule has 0 bridgehead atoms. The van der Waals surface area contributed by atoms with Crippen LogP contribution < -0.4 is 16.6 Å². The average Bonchev–Trinajstić information content (AvgIpc) is 3.36. The summed E-state index contributed by atoms with van der Waals surface area (Å²) >= 11 is 6.12. The van der Waals surface area contributed by atoms with Crippen molar-refractivity contribution in [3.8, 4) is 16.8 Å². The van der Waals surface area contributed by atoms with Crippen LogP contribution in [0.15, 0.2) is 65.7 Å². The molecule has 0 aliphatic heterocycles. The monoisotopic (exact) mass is 562 g/mol. The lowest BCUT2D eigenvalue weighted by Gasteiger charge is -2.19. The Hall–Kier alpha value is -4.52. The van der Waals surface area contributed by atoms with Gasteiger partial charge in [0.25, 0.3) is 11.5 Å². The van der Waals surface area contributed by atoms with Gasteiger partial charge in [0.1, 0.15) is 11.9 Å². The molecule has 4 aromatic rings. The number of rotatable bonds is 7. The number of benzene rings is 2. The topological polar surface area (TPSA) is 125 Å². The second kappa shape index (κ2) is 10.7. The maximum Gasteiger partial charge on any atom is 0.436 e. The number of alkyl halides is 3. The molecule has 2 aromatic heterocycles. The van der Waals surface area contributed by atoms with Crippen molar-refractivity contribution < 1.29 is 27.2 Å². The van der Waals surface area contributed by atoms with Crippen LogP contribution >= 0.6 is 11.6 Å². The molecule has 2 heterocycles. The van der Waals surface area contributed by atoms with Gasteiger partial charge in [0.15, 0.2) is 5.69 Å². The second-order valence-corrected chi connectivity index (χ2v) is 8.78. The van der Waals surface area contributed by atoms with Gasteiger partial charge in [0, 0.05) is 28.5 Å². The van der Waals surface area contributed by atoms with Crippen molar-refractivity contribution in [1.29, 1.82) is 0 Å². The zero-order valence-electron chi connectivity index (χ0n) is 20.0. The van der Waals surface area contributed by atoms with E-state index in [2.05, 4.69) is 15.6 Å². The van der Waals surface area contributed by atoms with Crippen molar-refractivity contribution in [3.63, 3.8) is 0 Å². The van der Waals surface area contributed by atoms with Crippen molar-refractivity contribution in [1.82, 2.24) is 19.6 Å². The molecular weight excluding hydrogens is 544 g/mol. The van der Waals surface area contributed by atoms with E-state index in [-0.39, 0.29) is 28.4 Å². The highest BCUT2D eigenvalue weighted by Crippen LogP contribution is 2.32. The number of carbonyl (C=O) groups is 2. The lowest BCUT2D eigenvalue weighted by atomic mass is 10.0. The van der Waals surface area contributed by atoms with E-state index in [4.69, 9.17) is 17.3 Å². The smallest absolute Gasteiger partial charge is 0.366 e. The summed E-state index contributed by atoms with van der Waals surface area (Å²) < 4.78 is 55.3. The number of nitrogens with two attached hydrogens (primary N) is 1. The lowest BCUT2D eigenvalue weighted by Crippen LogP contribution is -2.32. The molecule has 0 fully saturated rings. The number of hydrogen-bond acceptors (Lipinski definition) is 5. The highest BCUT2D eigenvalue weighted by Gasteiger charge is 2.34. The number of primary amides is 1. The first-order valence-corrected chi connectivity index (χ1v) is 11.7. The van der Waals surface area contributed by atoms with Gasteiger partial charge in [-0.3, -0.25) is 14.4 Å². The normalized spacial score (nSPS) is 12.3. The molecule has 4 rings (SSSR count). The van der Waals surface area contributed by atoms with Crippen molar-refractivity contribution in [2.45, 2.75) is 25.6 Å². The molecule has 2 amide bonds. The predicted molar refractivity (Wildman–Crippen MR) is 134 cm³/mol. The molecule has 1 atom stereocenters. The Bertz CT molecular complexity index is 1630. The number of nitrogens with one attached hydrogen (secondary N) is 1. The summed E-state index contributed by atoms with van der Waals surface area (Å²) in [6.07, 6.45) is -2.44. The predicted octanol–water partition coefficient (Wildman–Crippen LogP) is 4.60. The molecule has 0 saturated carbocycles. The Balaban J connectivity index is 1.65. The minimum Gasteiger partial charge on any atom is -0.366 e. The van der Waals surface area contributed by atoms with Crippen molar-refractivity contribution in [3.05, 3.63) is 93.4 Å².